The predicted molar refractivity (Wildman–Crippen MR) is 409 cm³/mol. The largest absolute Gasteiger partial charge is 0.416 e. The first-order chi connectivity index (χ1) is 56.5. The molecule has 0 aliphatic carbocycles. The Morgan fingerprint density at radius 3 is 1.32 bits per heavy atom. The van der Waals surface area contributed by atoms with E-state index in [1.807, 2.05) is 5.32 Å². The number of H-pyrrole nitrogens is 4. The van der Waals surface area contributed by atoms with Gasteiger partial charge in [0.1, 0.15) is 72.2 Å². The number of aliphatic hydroxyl groups excluding tert-OH is 2. The Morgan fingerprint density at radius 2 is 0.892 bits per heavy atom. The zero-order chi connectivity index (χ0) is 87.2. The van der Waals surface area contributed by atoms with Gasteiger partial charge >= 0.3 is 24.7 Å². The van der Waals surface area contributed by atoms with Crippen LogP contribution < -0.4 is 40.9 Å². The van der Waals surface area contributed by atoms with Gasteiger partial charge in [-0.05, 0) is 57.0 Å². The molecule has 14 rings (SSSR count). The quantitative estimate of drug-likeness (QED) is 0.0336. The van der Waals surface area contributed by atoms with Crippen molar-refractivity contribution in [2.24, 2.45) is 0 Å². The third kappa shape index (κ3) is 21.8. The first kappa shape index (κ1) is 89.0. The number of amides is 4. The number of aromatic amines is 4. The van der Waals surface area contributed by atoms with Crippen LogP contribution in [0.15, 0.2) is 105 Å². The Hall–Kier alpha value is -11.8. The number of anilines is 4. The van der Waals surface area contributed by atoms with Crippen molar-refractivity contribution in [1.29, 1.82) is 0 Å². The second kappa shape index (κ2) is 36.8. The van der Waals surface area contributed by atoms with Gasteiger partial charge in [-0.1, -0.05) is 46.4 Å². The van der Waals surface area contributed by atoms with Crippen LogP contribution >= 0.6 is 46.4 Å². The molecule has 4 amide bonds. The van der Waals surface area contributed by atoms with Gasteiger partial charge in [0.25, 0.3) is 0 Å². The lowest BCUT2D eigenvalue weighted by molar-refractivity contribution is -0.201. The summed E-state index contributed by atoms with van der Waals surface area (Å²) in [5.74, 6) is -5.50. The van der Waals surface area contributed by atoms with Gasteiger partial charge < -0.3 is 71.0 Å². The number of pyridine rings is 4. The van der Waals surface area contributed by atoms with Crippen molar-refractivity contribution >= 4 is 137 Å². The van der Waals surface area contributed by atoms with Crippen molar-refractivity contribution in [3.8, 4) is 45.6 Å². The normalized spacial score (nSPS) is 15.8. The van der Waals surface area contributed by atoms with Crippen LogP contribution in [0.4, 0.5) is 89.1 Å². The summed E-state index contributed by atoms with van der Waals surface area (Å²) in [4.78, 5) is 116. The number of hydrogen-bond donors (Lipinski definition) is 10. The number of likely N-dealkylation sites (N-methyl/N-ethyl adjacent to an activating group) is 2. The number of aliphatic hydroxyl groups is 2. The standard InChI is InChI=1S/C19H17ClF4N6O2.C18H15ClF4N6O2.C17H15ClF4N6O.C17H16ClF3N6O/c20-9-4-10-11(6-26-15(10)25-5-9)16-27-7-12(21)17(29-16)30-3-1-2-13(30)18(32)28-8-14(31)19(22,23)24;19-8-1-10-11(4-25-14(10)24-3-8)15-26-5-12(20)16(28-15)29-6-9(30)2-13(29)17(31)27-7-18(21,22)23;1-8(16(29)26-7-17(20,21)22)28(2)15-12(19)6-25-14(27-15)11-5-24-13-10(11)3-9(18)4-23-13;1-9(16(28)25-8-17(19,20)21)27(2)13-3-4-22-15(26-13)12-7-24-14-11(12)5-10(18)6-23-14/h4-7,13-14,31H,1-3,8H2,(H,25,26)(H,28,32);1,3-5,9,13,30H,2,6-7H2,(H,24,25)(H,27,31);3-6,8H,7H2,1-2H3,(H,23,24)(H,26,29);3-7,9H,8H2,1-2H3,(H,23,24)(H,25,28)/t13-,14?;9?,13-;8-;9-/m1111/s1. The van der Waals surface area contributed by atoms with Gasteiger partial charge in [0, 0.05) is 133 Å². The summed E-state index contributed by atoms with van der Waals surface area (Å²) in [6.45, 7) is -2.48. The Kier molecular flexibility index (Phi) is 27.3. The summed E-state index contributed by atoms with van der Waals surface area (Å²) < 4.78 is 192. The van der Waals surface area contributed by atoms with Crippen molar-refractivity contribution in [1.82, 2.24) is 101 Å². The smallest absolute Gasteiger partial charge is 0.391 e. The molecule has 0 aromatic carbocycles. The fourth-order valence-electron chi connectivity index (χ4n) is 12.2. The zero-order valence-electron chi connectivity index (χ0n) is 62.0. The summed E-state index contributed by atoms with van der Waals surface area (Å²) in [5, 5.41) is 30.7. The third-order valence-electron chi connectivity index (χ3n) is 18.3. The molecule has 2 aliphatic heterocycles. The van der Waals surface area contributed by atoms with E-state index in [2.05, 4.69) is 85.1 Å². The maximum atomic E-state index is 14.6. The maximum absolute atomic E-state index is 14.6. The van der Waals surface area contributed by atoms with Crippen molar-refractivity contribution in [3.05, 3.63) is 142 Å². The lowest BCUT2D eigenvalue weighted by Gasteiger charge is -2.26. The molecule has 0 spiro atoms. The van der Waals surface area contributed by atoms with Crippen molar-refractivity contribution in [2.45, 2.75) is 94.2 Å². The van der Waals surface area contributed by atoms with E-state index in [4.69, 9.17) is 51.5 Å². The number of rotatable bonds is 19. The average Bonchev–Trinajstić information content (AvgIpc) is 1.56. The number of nitrogens with one attached hydrogen (secondary N) is 8. The molecule has 49 heteroatoms. The van der Waals surface area contributed by atoms with Crippen LogP contribution in [0.5, 0.6) is 0 Å². The van der Waals surface area contributed by atoms with Crippen LogP contribution in [-0.4, -0.2) is 228 Å². The van der Waals surface area contributed by atoms with Crippen LogP contribution in [0.2, 0.25) is 20.1 Å². The molecule has 30 nitrogen and oxygen atoms in total. The Morgan fingerprint density at radius 1 is 0.508 bits per heavy atom. The molecule has 2 fully saturated rings. The molecular formula is C71H63Cl4F15N24O6. The molecule has 12 aromatic rings. The summed E-state index contributed by atoms with van der Waals surface area (Å²) in [7, 11) is 2.91. The van der Waals surface area contributed by atoms with Gasteiger partial charge in [-0.2, -0.15) is 52.7 Å². The highest BCUT2D eigenvalue weighted by molar-refractivity contribution is 6.32. The first-order valence-corrected chi connectivity index (χ1v) is 36.7. The summed E-state index contributed by atoms with van der Waals surface area (Å²) in [5.41, 5.74) is 4.30. The Labute approximate surface area is 685 Å². The summed E-state index contributed by atoms with van der Waals surface area (Å²) in [6.07, 6.45) is -5.02. The number of fused-ring (bicyclic) bond motifs is 4. The molecule has 10 N–H and O–H groups in total. The Bertz CT molecular complexity index is 5720. The van der Waals surface area contributed by atoms with E-state index in [9.17, 15) is 90.1 Å². The van der Waals surface area contributed by atoms with E-state index in [0.29, 0.717) is 106 Å². The molecule has 2 unspecified atom stereocenters. The van der Waals surface area contributed by atoms with Crippen molar-refractivity contribution in [3.63, 3.8) is 0 Å². The fraction of sp³-hybridized carbons (Fsp3) is 0.324. The minimum Gasteiger partial charge on any atom is -0.391 e. The van der Waals surface area contributed by atoms with Crippen LogP contribution in [0.25, 0.3) is 89.7 Å². The van der Waals surface area contributed by atoms with Crippen LogP contribution in [0.1, 0.15) is 33.1 Å². The van der Waals surface area contributed by atoms with Crippen molar-refractivity contribution < 1.29 is 95.2 Å². The first-order valence-electron chi connectivity index (χ1n) is 35.1. The number of carbonyl (C=O) groups excluding carboxylic acids is 4. The number of carbonyl (C=O) groups is 4. The average molecular weight is 1780 g/mol. The number of halogens is 19. The topological polar surface area (TPSA) is 388 Å². The molecule has 2 saturated heterocycles. The highest BCUT2D eigenvalue weighted by Crippen LogP contribution is 2.37. The van der Waals surface area contributed by atoms with Crippen molar-refractivity contribution in [2.75, 3.05) is 73.0 Å². The molecule has 14 heterocycles. The maximum Gasteiger partial charge on any atom is 0.416 e. The highest BCUT2D eigenvalue weighted by atomic mass is 35.5. The molecule has 0 bridgehead atoms. The van der Waals surface area contributed by atoms with Crippen LogP contribution in [0.3, 0.4) is 0 Å². The van der Waals surface area contributed by atoms with E-state index in [-0.39, 0.29) is 54.4 Å². The van der Waals surface area contributed by atoms with Crippen LogP contribution in [-0.2, 0) is 19.2 Å². The third-order valence-corrected chi connectivity index (χ3v) is 19.1. The lowest BCUT2D eigenvalue weighted by Crippen LogP contribution is -2.48. The number of β-amino-alcohol motifs (C(OH)–C–C–N with tert-alkyl or cyclic N) is 1. The molecular weight excluding hydrogens is 1710 g/mol. The second-order valence-corrected chi connectivity index (χ2v) is 28.4. The van der Waals surface area contributed by atoms with E-state index < -0.39 is 128 Å². The van der Waals surface area contributed by atoms with Crippen LogP contribution in [0, 0.1) is 17.5 Å². The molecule has 6 atom stereocenters. The molecule has 120 heavy (non-hydrogen) atoms. The van der Waals surface area contributed by atoms with Gasteiger partial charge in [0.2, 0.25) is 23.6 Å². The number of nitrogens with zero attached hydrogens (tertiary/aromatic N) is 16. The zero-order valence-corrected chi connectivity index (χ0v) is 65.0. The molecule has 12 aromatic heterocycles. The minimum atomic E-state index is -4.85. The molecule has 2 aliphatic rings. The predicted octanol–water partition coefficient (Wildman–Crippen LogP) is 11.7. The van der Waals surface area contributed by atoms with E-state index >= 15 is 0 Å². The SMILES string of the molecule is C[C@H](C(=O)NCC(F)(F)F)N(C)c1ccnc(-c2c[nH]c3ncc(Cl)cc23)n1.C[C@H](C(=O)NCC(F)(F)F)N(C)c1nc(-c2c[nH]c3ncc(Cl)cc23)ncc1F.O=C(NCC(F)(F)F)[C@H]1CC(O)CN1c1nc(-c2c[nH]c3ncc(Cl)cc23)ncc1F.O=C(NCC(O)C(F)(F)F)[C@H]1CCCN1c1nc(-c2c[nH]c3ncc(Cl)cc23)ncc1F. The van der Waals surface area contributed by atoms with Gasteiger partial charge in [-0.25, -0.2) is 73.0 Å². The summed E-state index contributed by atoms with van der Waals surface area (Å²) >= 11 is 24.0. The van der Waals surface area contributed by atoms with E-state index in [1.165, 1.54) is 61.7 Å². The molecule has 0 radical (unpaired) electrons. The second-order valence-electron chi connectivity index (χ2n) is 26.6. The molecule has 0 saturated carbocycles. The number of hydrogen-bond acceptors (Lipinski definition) is 22. The molecule has 636 valence electrons. The monoisotopic (exact) mass is 1770 g/mol. The number of alkyl halides is 12. The van der Waals surface area contributed by atoms with Gasteiger partial charge in [0.15, 0.2) is 64.3 Å². The van der Waals surface area contributed by atoms with Gasteiger partial charge in [0.05, 0.1) is 51.3 Å². The summed E-state index contributed by atoms with van der Waals surface area (Å²) in [6, 6.07) is 4.05. The minimum absolute atomic E-state index is 0.0857. The lowest BCUT2D eigenvalue weighted by atomic mass is 10.2. The number of aromatic nitrogens is 16. The van der Waals surface area contributed by atoms with E-state index in [0.717, 1.165) is 33.8 Å². The van der Waals surface area contributed by atoms with E-state index in [1.54, 1.807) is 72.8 Å². The highest BCUT2D eigenvalue weighted by Gasteiger charge is 2.43. The van der Waals surface area contributed by atoms with Gasteiger partial charge in [-0.15, -0.1) is 0 Å². The Balaban J connectivity index is 0.000000157. The van der Waals surface area contributed by atoms with Gasteiger partial charge in [-0.3, -0.25) is 19.2 Å². The fourth-order valence-corrected chi connectivity index (χ4v) is 12.8.